The fourth-order valence-electron chi connectivity index (χ4n) is 3.60. The van der Waals surface area contributed by atoms with Crippen molar-refractivity contribution in [2.75, 3.05) is 11.1 Å². The molecule has 0 saturated heterocycles. The summed E-state index contributed by atoms with van der Waals surface area (Å²) in [6.07, 6.45) is 1.74. The largest absolute Gasteiger partial charge is 0.342 e. The monoisotopic (exact) mass is 603 g/mol. The lowest BCUT2D eigenvalue weighted by atomic mass is 10.0. The summed E-state index contributed by atoms with van der Waals surface area (Å²) in [5.74, 6) is 0.786. The normalized spacial score (nSPS) is 11.8. The number of halogens is 1. The number of anilines is 1. The van der Waals surface area contributed by atoms with Crippen LogP contribution >= 0.6 is 34.4 Å². The number of benzene rings is 2. The maximum Gasteiger partial charge on any atom is 0.251 e. The maximum absolute atomic E-state index is 12.7. The molecule has 2 amide bonds. The quantitative estimate of drug-likeness (QED) is 0.176. The number of amides is 2. The average Bonchev–Trinajstić information content (AvgIpc) is 3.21. The van der Waals surface area contributed by atoms with Crippen LogP contribution in [-0.4, -0.2) is 32.3 Å². The van der Waals surface area contributed by atoms with Gasteiger partial charge in [0.05, 0.1) is 11.8 Å². The van der Waals surface area contributed by atoms with Gasteiger partial charge in [-0.1, -0.05) is 49.4 Å². The lowest BCUT2D eigenvalue weighted by Gasteiger charge is -2.16. The van der Waals surface area contributed by atoms with E-state index in [1.165, 1.54) is 11.8 Å². The minimum atomic E-state index is -0.376. The highest BCUT2D eigenvalue weighted by molar-refractivity contribution is 14.1. The molecule has 0 aliphatic heterocycles. The van der Waals surface area contributed by atoms with Gasteiger partial charge in [-0.15, -0.1) is 16.8 Å². The van der Waals surface area contributed by atoms with Crippen LogP contribution in [0, 0.1) is 10.5 Å². The number of allylic oxidation sites excluding steroid dienone is 1. The molecule has 0 spiro atoms. The van der Waals surface area contributed by atoms with Crippen LogP contribution in [0.3, 0.4) is 0 Å². The van der Waals surface area contributed by atoms with E-state index in [0.29, 0.717) is 29.0 Å². The van der Waals surface area contributed by atoms with Gasteiger partial charge in [0.1, 0.15) is 0 Å². The van der Waals surface area contributed by atoms with Crippen molar-refractivity contribution in [2.24, 2.45) is 0 Å². The lowest BCUT2D eigenvalue weighted by molar-refractivity contribution is -0.113. The van der Waals surface area contributed by atoms with Crippen LogP contribution in [0.2, 0.25) is 0 Å². The first-order valence-corrected chi connectivity index (χ1v) is 13.4. The number of nitrogens with zero attached hydrogens (tertiary/aromatic N) is 3. The van der Waals surface area contributed by atoms with Crippen molar-refractivity contribution in [1.29, 1.82) is 0 Å². The zero-order chi connectivity index (χ0) is 25.5. The van der Waals surface area contributed by atoms with Crippen molar-refractivity contribution in [3.05, 3.63) is 81.2 Å². The number of hydrogen-bond acceptors (Lipinski definition) is 5. The average molecular weight is 604 g/mol. The first kappa shape index (κ1) is 26.9. The number of carbonyl (C=O) groups excluding carboxylic acids is 2. The Hall–Kier alpha value is -2.66. The Balaban J connectivity index is 1.69. The van der Waals surface area contributed by atoms with Crippen LogP contribution in [0.25, 0.3) is 0 Å². The third-order valence-electron chi connectivity index (χ3n) is 5.31. The first-order chi connectivity index (χ1) is 16.7. The van der Waals surface area contributed by atoms with Gasteiger partial charge >= 0.3 is 0 Å². The van der Waals surface area contributed by atoms with Crippen molar-refractivity contribution >= 4 is 51.9 Å². The molecule has 0 fully saturated rings. The fourth-order valence-corrected chi connectivity index (χ4v) is 4.87. The summed E-state index contributed by atoms with van der Waals surface area (Å²) in [5, 5.41) is 15.2. The van der Waals surface area contributed by atoms with E-state index in [9.17, 15) is 9.59 Å². The molecule has 7 nitrogen and oxygen atoms in total. The summed E-state index contributed by atoms with van der Waals surface area (Å²) >= 11 is 3.58. The molecular weight excluding hydrogens is 573 g/mol. The van der Waals surface area contributed by atoms with E-state index in [1.807, 2.05) is 48.7 Å². The molecule has 184 valence electrons. The second-order valence-electron chi connectivity index (χ2n) is 8.53. The SMILES string of the molecule is C=CCn1c(SCC(=O)Nc2ccc(I)cc2C(C)C)nnc1[C@H](C)NC(=O)c1cccc(C)c1. The number of aryl methyl sites for hydroxylation is 1. The predicted octanol–water partition coefficient (Wildman–Crippen LogP) is 5.72. The molecule has 3 rings (SSSR count). The number of aromatic nitrogens is 3. The molecule has 0 aliphatic carbocycles. The van der Waals surface area contributed by atoms with E-state index < -0.39 is 0 Å². The third-order valence-corrected chi connectivity index (χ3v) is 6.95. The molecular formula is C26H30IN5O2S. The van der Waals surface area contributed by atoms with Gasteiger partial charge in [0.25, 0.3) is 5.91 Å². The van der Waals surface area contributed by atoms with Gasteiger partial charge in [0, 0.05) is 21.4 Å². The molecule has 2 aromatic carbocycles. The Kier molecular flexibility index (Phi) is 9.50. The summed E-state index contributed by atoms with van der Waals surface area (Å²) in [6.45, 7) is 12.3. The van der Waals surface area contributed by atoms with E-state index in [-0.39, 0.29) is 23.6 Å². The summed E-state index contributed by atoms with van der Waals surface area (Å²) in [7, 11) is 0. The molecule has 0 saturated carbocycles. The summed E-state index contributed by atoms with van der Waals surface area (Å²) in [6, 6.07) is 13.1. The summed E-state index contributed by atoms with van der Waals surface area (Å²) in [5.41, 5.74) is 3.54. The number of rotatable bonds is 10. The molecule has 35 heavy (non-hydrogen) atoms. The Bertz CT molecular complexity index is 1220. The molecule has 0 aliphatic rings. The molecule has 1 aromatic heterocycles. The predicted molar refractivity (Wildman–Crippen MR) is 150 cm³/mol. The van der Waals surface area contributed by atoms with Crippen molar-refractivity contribution in [3.8, 4) is 0 Å². The van der Waals surface area contributed by atoms with Crippen molar-refractivity contribution in [1.82, 2.24) is 20.1 Å². The second kappa shape index (κ2) is 12.3. The molecule has 9 heteroatoms. The summed E-state index contributed by atoms with van der Waals surface area (Å²) < 4.78 is 3.00. The van der Waals surface area contributed by atoms with Crippen LogP contribution in [0.4, 0.5) is 5.69 Å². The van der Waals surface area contributed by atoms with Crippen LogP contribution < -0.4 is 10.6 Å². The molecule has 0 unspecified atom stereocenters. The Labute approximate surface area is 224 Å². The fraction of sp³-hybridized carbons (Fsp3) is 0.308. The van der Waals surface area contributed by atoms with Crippen LogP contribution in [0.1, 0.15) is 60.0 Å². The van der Waals surface area contributed by atoms with Gasteiger partial charge in [0.2, 0.25) is 5.91 Å². The number of carbonyl (C=O) groups is 2. The standard InChI is InChI=1S/C26H30IN5O2S/c1-6-12-32-24(18(5)28-25(34)19-9-7-8-17(4)13-19)30-31-26(32)35-15-23(33)29-22-11-10-20(27)14-21(22)16(2)3/h6-11,13-14,16,18H,1,12,15H2,2-5H3,(H,28,34)(H,29,33)/t18-/m0/s1. The van der Waals surface area contributed by atoms with Gasteiger partial charge in [0.15, 0.2) is 11.0 Å². The van der Waals surface area contributed by atoms with Crippen LogP contribution in [0.5, 0.6) is 0 Å². The lowest BCUT2D eigenvalue weighted by Crippen LogP contribution is -2.29. The van der Waals surface area contributed by atoms with Crippen LogP contribution in [0.15, 0.2) is 60.3 Å². The number of hydrogen-bond donors (Lipinski definition) is 2. The third kappa shape index (κ3) is 7.17. The molecule has 1 heterocycles. The molecule has 3 aromatic rings. The highest BCUT2D eigenvalue weighted by Crippen LogP contribution is 2.27. The van der Waals surface area contributed by atoms with E-state index in [4.69, 9.17) is 0 Å². The smallest absolute Gasteiger partial charge is 0.251 e. The van der Waals surface area contributed by atoms with Gasteiger partial charge < -0.3 is 15.2 Å². The first-order valence-electron chi connectivity index (χ1n) is 11.3. The van der Waals surface area contributed by atoms with Crippen LogP contribution in [-0.2, 0) is 11.3 Å². The van der Waals surface area contributed by atoms with E-state index in [1.54, 1.807) is 12.1 Å². The minimum absolute atomic E-state index is 0.117. The molecule has 1 atom stereocenters. The van der Waals surface area contributed by atoms with E-state index in [2.05, 4.69) is 69.9 Å². The summed E-state index contributed by atoms with van der Waals surface area (Å²) in [4.78, 5) is 25.4. The second-order valence-corrected chi connectivity index (χ2v) is 10.7. The molecule has 2 N–H and O–H groups in total. The maximum atomic E-state index is 12.7. The Morgan fingerprint density at radius 2 is 1.94 bits per heavy atom. The van der Waals surface area contributed by atoms with E-state index in [0.717, 1.165) is 20.4 Å². The Morgan fingerprint density at radius 1 is 1.17 bits per heavy atom. The number of thioether (sulfide) groups is 1. The minimum Gasteiger partial charge on any atom is -0.342 e. The molecule has 0 bridgehead atoms. The highest BCUT2D eigenvalue weighted by Gasteiger charge is 2.21. The van der Waals surface area contributed by atoms with Crippen molar-refractivity contribution < 1.29 is 9.59 Å². The number of nitrogens with one attached hydrogen (secondary N) is 2. The Morgan fingerprint density at radius 3 is 2.63 bits per heavy atom. The highest BCUT2D eigenvalue weighted by atomic mass is 127. The zero-order valence-electron chi connectivity index (χ0n) is 20.3. The van der Waals surface area contributed by atoms with Crippen molar-refractivity contribution in [2.45, 2.75) is 51.4 Å². The van der Waals surface area contributed by atoms with Gasteiger partial charge in [-0.2, -0.15) is 0 Å². The molecule has 0 radical (unpaired) electrons. The topological polar surface area (TPSA) is 88.9 Å². The van der Waals surface area contributed by atoms with Gasteiger partial charge in [-0.3, -0.25) is 9.59 Å². The van der Waals surface area contributed by atoms with Gasteiger partial charge in [-0.25, -0.2) is 0 Å². The van der Waals surface area contributed by atoms with Crippen molar-refractivity contribution in [3.63, 3.8) is 0 Å². The van der Waals surface area contributed by atoms with Gasteiger partial charge in [-0.05, 0) is 78.3 Å². The van der Waals surface area contributed by atoms with E-state index >= 15 is 0 Å². The zero-order valence-corrected chi connectivity index (χ0v) is 23.3.